The van der Waals surface area contributed by atoms with E-state index < -0.39 is 59.9 Å². The van der Waals surface area contributed by atoms with Crippen LogP contribution in [-0.2, 0) is 47.7 Å². The zero-order chi connectivity index (χ0) is 41.4. The molecule has 1 aliphatic heterocycles. The van der Waals surface area contributed by atoms with Gasteiger partial charge < -0.3 is 34.1 Å². The number of fused-ring (bicyclic) bond motifs is 7. The van der Waals surface area contributed by atoms with E-state index in [1.165, 1.54) is 33.3 Å². The molecule has 56 heavy (non-hydrogen) atoms. The molecule has 6 rings (SSSR count). The van der Waals surface area contributed by atoms with E-state index in [1.807, 2.05) is 0 Å². The molecule has 4 saturated carbocycles. The summed E-state index contributed by atoms with van der Waals surface area (Å²) in [6.45, 7) is 21.0. The first-order chi connectivity index (χ1) is 25.9. The van der Waals surface area contributed by atoms with Crippen LogP contribution in [-0.4, -0.2) is 78.2 Å². The van der Waals surface area contributed by atoms with E-state index >= 15 is 4.79 Å². The van der Waals surface area contributed by atoms with Gasteiger partial charge in [0.15, 0.2) is 24.5 Å². The predicted molar refractivity (Wildman–Crippen MR) is 205 cm³/mol. The minimum atomic E-state index is -1.37. The number of aliphatic hydroxyl groups excluding tert-OH is 1. The van der Waals surface area contributed by atoms with Crippen molar-refractivity contribution >= 4 is 29.8 Å². The minimum Gasteiger partial charge on any atom is -0.463 e. The highest BCUT2D eigenvalue weighted by atomic mass is 16.7. The van der Waals surface area contributed by atoms with E-state index in [4.69, 9.17) is 23.7 Å². The highest BCUT2D eigenvalue weighted by Crippen LogP contribution is 2.75. The summed E-state index contributed by atoms with van der Waals surface area (Å²) in [7, 11) is 0. The van der Waals surface area contributed by atoms with Crippen LogP contribution in [0.3, 0.4) is 0 Å². The summed E-state index contributed by atoms with van der Waals surface area (Å²) < 4.78 is 28.6. The Morgan fingerprint density at radius 3 is 1.98 bits per heavy atom. The molecule has 0 aromatic heterocycles. The van der Waals surface area contributed by atoms with Crippen molar-refractivity contribution in [1.29, 1.82) is 0 Å². The summed E-state index contributed by atoms with van der Waals surface area (Å²) in [5.41, 5.74) is 0.387. The third-order valence-corrected chi connectivity index (χ3v) is 16.3. The molecule has 0 spiro atoms. The third kappa shape index (κ3) is 7.00. The van der Waals surface area contributed by atoms with Crippen molar-refractivity contribution in [2.75, 3.05) is 6.61 Å². The smallest absolute Gasteiger partial charge is 0.303 e. The minimum absolute atomic E-state index is 0.00471. The number of carbonyl (C=O) groups is 5. The average molecular weight is 786 g/mol. The zero-order valence-corrected chi connectivity index (χ0v) is 35.6. The quantitative estimate of drug-likeness (QED) is 0.168. The van der Waals surface area contributed by atoms with Crippen LogP contribution in [0.5, 0.6) is 0 Å². The van der Waals surface area contributed by atoms with Gasteiger partial charge in [0.1, 0.15) is 12.7 Å². The molecule has 12 heteroatoms. The van der Waals surface area contributed by atoms with Gasteiger partial charge in [0.2, 0.25) is 5.91 Å². The van der Waals surface area contributed by atoms with Crippen molar-refractivity contribution in [2.24, 2.45) is 50.2 Å². The Kier molecular flexibility index (Phi) is 11.2. The summed E-state index contributed by atoms with van der Waals surface area (Å²) in [6, 6.07) is 0. The number of amides is 1. The second-order valence-electron chi connectivity index (χ2n) is 20.3. The van der Waals surface area contributed by atoms with Gasteiger partial charge >= 0.3 is 23.9 Å². The summed E-state index contributed by atoms with van der Waals surface area (Å²) >= 11 is 0. The molecule has 5 aliphatic carbocycles. The second kappa shape index (κ2) is 14.7. The van der Waals surface area contributed by atoms with Gasteiger partial charge in [0, 0.05) is 27.7 Å². The number of hydrogen-bond acceptors (Lipinski definition) is 11. The van der Waals surface area contributed by atoms with Gasteiger partial charge in [0.25, 0.3) is 0 Å². The topological polar surface area (TPSA) is 164 Å². The normalized spacial score (nSPS) is 43.5. The van der Waals surface area contributed by atoms with Gasteiger partial charge in [-0.15, -0.1) is 0 Å². The number of aliphatic hydroxyl groups is 1. The lowest BCUT2D eigenvalue weighted by molar-refractivity contribution is -0.258. The van der Waals surface area contributed by atoms with E-state index in [9.17, 15) is 24.3 Å². The molecule has 314 valence electrons. The first-order valence-electron chi connectivity index (χ1n) is 20.9. The second-order valence-corrected chi connectivity index (χ2v) is 20.3. The predicted octanol–water partition coefficient (Wildman–Crippen LogP) is 6.35. The Balaban J connectivity index is 1.37. The maximum Gasteiger partial charge on any atom is 0.303 e. The molecule has 12 nitrogen and oxygen atoms in total. The average Bonchev–Trinajstić information content (AvgIpc) is 3.07. The number of ether oxygens (including phenoxy) is 5. The van der Waals surface area contributed by atoms with Crippen molar-refractivity contribution in [3.8, 4) is 0 Å². The molecule has 1 amide bonds. The van der Waals surface area contributed by atoms with E-state index in [-0.39, 0.29) is 51.6 Å². The van der Waals surface area contributed by atoms with Crippen LogP contribution in [0.25, 0.3) is 0 Å². The van der Waals surface area contributed by atoms with Gasteiger partial charge in [-0.1, -0.05) is 60.1 Å². The van der Waals surface area contributed by atoms with E-state index in [1.54, 1.807) is 0 Å². The van der Waals surface area contributed by atoms with E-state index in [0.717, 1.165) is 51.4 Å². The van der Waals surface area contributed by atoms with Gasteiger partial charge in [-0.3, -0.25) is 24.0 Å². The van der Waals surface area contributed by atoms with E-state index in [0.29, 0.717) is 24.7 Å². The van der Waals surface area contributed by atoms with E-state index in [2.05, 4.69) is 59.9 Å². The number of nitrogens with one attached hydrogen (secondary N) is 1. The molecule has 0 radical (unpaired) electrons. The van der Waals surface area contributed by atoms with Crippen LogP contribution in [0.15, 0.2) is 11.6 Å². The molecule has 6 unspecified atom stereocenters. The Bertz CT molecular complexity index is 1640. The zero-order valence-electron chi connectivity index (χ0n) is 35.6. The molecule has 5 fully saturated rings. The largest absolute Gasteiger partial charge is 0.463 e. The number of allylic oxidation sites excluding steroid dienone is 2. The van der Waals surface area contributed by atoms with Crippen LogP contribution >= 0.6 is 0 Å². The third-order valence-electron chi connectivity index (χ3n) is 16.3. The van der Waals surface area contributed by atoms with Gasteiger partial charge in [-0.2, -0.15) is 0 Å². The molecule has 13 atom stereocenters. The Morgan fingerprint density at radius 1 is 0.750 bits per heavy atom. The lowest BCUT2D eigenvalue weighted by Gasteiger charge is -2.71. The van der Waals surface area contributed by atoms with Crippen molar-refractivity contribution in [1.82, 2.24) is 5.32 Å². The van der Waals surface area contributed by atoms with Crippen LogP contribution in [0, 0.1) is 50.2 Å². The SMILES string of the molecule is CC(=O)OCC1OC(NC(=O)[C@]23CCC(C)(C)CC2C2=CCC4[C@@]5(C)CC[C@H](O)C(C)(C)C5CC[C@@]4(C)[C@]2(C)CC3)C(OC(C)=O)[C@H](OC(C)=O)[C@@H]1OC(C)=O. The van der Waals surface area contributed by atoms with Gasteiger partial charge in [-0.05, 0) is 109 Å². The first kappa shape index (κ1) is 42.6. The van der Waals surface area contributed by atoms with Crippen molar-refractivity contribution in [2.45, 2.75) is 177 Å². The molecule has 0 bridgehead atoms. The number of rotatable bonds is 7. The van der Waals surface area contributed by atoms with Crippen molar-refractivity contribution < 1.29 is 52.8 Å². The van der Waals surface area contributed by atoms with Crippen LogP contribution in [0.4, 0.5) is 0 Å². The fourth-order valence-corrected chi connectivity index (χ4v) is 13.3. The molecule has 0 aromatic carbocycles. The standard InChI is InChI=1S/C44H67NO11/c1-24(46)52-23-30-34(53-25(2)47)35(54-26(3)48)36(55-27(4)49)37(56-30)45-38(51)44-20-18-39(5,6)22-29(44)28-12-13-32-41(9)16-15-33(50)40(7,8)31(41)14-17-43(32,11)42(28,10)19-21-44/h12,29-37,50H,13-23H2,1-11H3,(H,45,51)/t29?,30?,31?,32?,33-,34+,35+,36?,37?,41-,42+,43+,44-/m0/s1. The fourth-order valence-electron chi connectivity index (χ4n) is 13.3. The number of hydrogen-bond donors (Lipinski definition) is 2. The Labute approximate surface area is 332 Å². The van der Waals surface area contributed by atoms with Crippen LogP contribution in [0.2, 0.25) is 0 Å². The van der Waals surface area contributed by atoms with Crippen molar-refractivity contribution in [3.05, 3.63) is 11.6 Å². The molecule has 1 saturated heterocycles. The molecule has 0 aromatic rings. The molecule has 1 heterocycles. The lowest BCUT2D eigenvalue weighted by atomic mass is 9.33. The molecular formula is C44H67NO11. The molecule has 2 N–H and O–H groups in total. The summed E-state index contributed by atoms with van der Waals surface area (Å²) in [5.74, 6) is -2.17. The van der Waals surface area contributed by atoms with Gasteiger partial charge in [-0.25, -0.2) is 0 Å². The highest BCUT2D eigenvalue weighted by Gasteiger charge is 2.69. The first-order valence-corrected chi connectivity index (χ1v) is 20.9. The maximum absolute atomic E-state index is 15.2. The number of carbonyl (C=O) groups excluding carboxylic acids is 5. The molecular weight excluding hydrogens is 718 g/mol. The van der Waals surface area contributed by atoms with Crippen molar-refractivity contribution in [3.63, 3.8) is 0 Å². The highest BCUT2D eigenvalue weighted by molar-refractivity contribution is 5.84. The van der Waals surface area contributed by atoms with Crippen LogP contribution in [0.1, 0.15) is 140 Å². The number of esters is 4. The summed E-state index contributed by atoms with van der Waals surface area (Å²) in [6.07, 6.45) is 4.43. The lowest BCUT2D eigenvalue weighted by Crippen LogP contribution is -2.68. The monoisotopic (exact) mass is 785 g/mol. The molecule has 6 aliphatic rings. The Hall–Kier alpha value is -2.99. The summed E-state index contributed by atoms with van der Waals surface area (Å²) in [5, 5.41) is 14.3. The Morgan fingerprint density at radius 2 is 1.36 bits per heavy atom. The maximum atomic E-state index is 15.2. The van der Waals surface area contributed by atoms with Crippen LogP contribution < -0.4 is 5.32 Å². The van der Waals surface area contributed by atoms with Gasteiger partial charge in [0.05, 0.1) is 11.5 Å². The summed E-state index contributed by atoms with van der Waals surface area (Å²) in [4.78, 5) is 64.5. The fraction of sp³-hybridized carbons (Fsp3) is 0.841.